The monoisotopic (exact) mass is 622 g/mol. The number of rotatable bonds is 6. The molecule has 1 aliphatic rings. The van der Waals surface area contributed by atoms with Gasteiger partial charge in [0.25, 0.3) is 0 Å². The normalized spacial score (nSPS) is 12.8. The summed E-state index contributed by atoms with van der Waals surface area (Å²) in [6.07, 6.45) is -0.481. The van der Waals surface area contributed by atoms with E-state index < -0.39 is 34.2 Å². The molecule has 6 heteroatoms. The first-order valence-electron chi connectivity index (χ1n) is 14.7. The molecule has 6 aromatic carbocycles. The van der Waals surface area contributed by atoms with Crippen LogP contribution >= 0.6 is 15.8 Å². The van der Waals surface area contributed by atoms with Crippen molar-refractivity contribution in [1.29, 1.82) is 0 Å². The smallest absolute Gasteiger partial charge is 0.322 e. The van der Waals surface area contributed by atoms with Crippen molar-refractivity contribution in [1.82, 2.24) is 0 Å². The van der Waals surface area contributed by atoms with Gasteiger partial charge in [-0.1, -0.05) is 146 Å². The maximum absolute atomic E-state index is 13.1. The van der Waals surface area contributed by atoms with Crippen LogP contribution in [0.25, 0.3) is 11.1 Å². The Morgan fingerprint density at radius 1 is 0.378 bits per heavy atom. The molecular formula is C39H28O4P2. The Morgan fingerprint density at radius 3 is 1.00 bits per heavy atom. The minimum atomic E-state index is -1.10. The second-order valence-corrected chi connectivity index (χ2v) is 14.8. The van der Waals surface area contributed by atoms with Gasteiger partial charge in [0, 0.05) is 11.1 Å². The lowest BCUT2D eigenvalue weighted by molar-refractivity contribution is -0.144. The second kappa shape index (κ2) is 13.0. The van der Waals surface area contributed by atoms with E-state index in [0.29, 0.717) is 11.5 Å². The molecule has 0 amide bonds. The van der Waals surface area contributed by atoms with Crippen LogP contribution in [0.5, 0.6) is 11.5 Å². The summed E-state index contributed by atoms with van der Waals surface area (Å²) in [7, 11) is -2.21. The van der Waals surface area contributed by atoms with Gasteiger partial charge >= 0.3 is 11.9 Å². The Bertz CT molecular complexity index is 1740. The molecule has 6 aromatic rings. The Labute approximate surface area is 264 Å². The molecule has 0 aliphatic carbocycles. The molecule has 0 radical (unpaired) electrons. The van der Waals surface area contributed by atoms with E-state index in [1.807, 2.05) is 48.5 Å². The van der Waals surface area contributed by atoms with E-state index in [9.17, 15) is 9.59 Å². The van der Waals surface area contributed by atoms with E-state index >= 15 is 0 Å². The van der Waals surface area contributed by atoms with Gasteiger partial charge in [0.2, 0.25) is 0 Å². The predicted molar refractivity (Wildman–Crippen MR) is 185 cm³/mol. The molecule has 218 valence electrons. The van der Waals surface area contributed by atoms with Crippen molar-refractivity contribution in [2.45, 2.75) is 6.42 Å². The number of carbonyl (C=O) groups is 2. The highest BCUT2D eigenvalue weighted by Crippen LogP contribution is 2.47. The topological polar surface area (TPSA) is 52.6 Å². The van der Waals surface area contributed by atoms with Gasteiger partial charge in [0.15, 0.2) is 0 Å². The fourth-order valence-electron chi connectivity index (χ4n) is 5.68. The van der Waals surface area contributed by atoms with Crippen molar-refractivity contribution >= 4 is 59.6 Å². The molecule has 0 N–H and O–H groups in total. The van der Waals surface area contributed by atoms with Gasteiger partial charge in [0.05, 0.1) is 0 Å². The highest BCUT2D eigenvalue weighted by molar-refractivity contribution is 7.80. The first-order chi connectivity index (χ1) is 22.2. The van der Waals surface area contributed by atoms with Crippen molar-refractivity contribution in [2.24, 2.45) is 0 Å². The zero-order chi connectivity index (χ0) is 30.6. The largest absolute Gasteiger partial charge is 0.425 e. The van der Waals surface area contributed by atoms with Gasteiger partial charge in [0.1, 0.15) is 17.9 Å². The lowest BCUT2D eigenvalue weighted by atomic mass is 10.0. The van der Waals surface area contributed by atoms with Gasteiger partial charge in [-0.05, 0) is 59.8 Å². The molecule has 0 atom stereocenters. The van der Waals surface area contributed by atoms with E-state index in [0.717, 1.165) is 43.0 Å². The Morgan fingerprint density at radius 2 is 0.689 bits per heavy atom. The quantitative estimate of drug-likeness (QED) is 0.0978. The molecule has 0 saturated heterocycles. The summed E-state index contributed by atoms with van der Waals surface area (Å²) in [5.74, 6) is -0.463. The Hall–Kier alpha value is -4.88. The first kappa shape index (κ1) is 28.9. The predicted octanol–water partition coefficient (Wildman–Crippen LogP) is 6.08. The average molecular weight is 623 g/mol. The number of ether oxygens (including phenoxy) is 2. The maximum atomic E-state index is 13.1. The summed E-state index contributed by atoms with van der Waals surface area (Å²) < 4.78 is 12.1. The summed E-state index contributed by atoms with van der Waals surface area (Å²) in [6.45, 7) is 0. The molecule has 0 fully saturated rings. The molecule has 1 aliphatic heterocycles. The summed E-state index contributed by atoms with van der Waals surface area (Å²) in [6, 6.07) is 53.4. The highest BCUT2D eigenvalue weighted by atomic mass is 31.1. The third-order valence-corrected chi connectivity index (χ3v) is 12.5. The van der Waals surface area contributed by atoms with Gasteiger partial charge < -0.3 is 9.47 Å². The molecule has 4 nitrogen and oxygen atoms in total. The van der Waals surface area contributed by atoms with Gasteiger partial charge in [-0.25, -0.2) is 0 Å². The SMILES string of the molecule is O=C1CC(=O)Oc2cccc(P(c3ccccc3)c3ccccc3)c2-c2c(cccc2P(c2ccccc2)c2ccccc2)O1. The summed E-state index contributed by atoms with van der Waals surface area (Å²) in [5.41, 5.74) is 1.54. The number of benzene rings is 6. The van der Waals surface area contributed by atoms with Gasteiger partial charge in [-0.3, -0.25) is 9.59 Å². The van der Waals surface area contributed by atoms with Crippen LogP contribution in [0.4, 0.5) is 0 Å². The van der Waals surface area contributed by atoms with Crippen molar-refractivity contribution < 1.29 is 19.1 Å². The molecule has 0 aromatic heterocycles. The van der Waals surface area contributed by atoms with E-state index in [1.54, 1.807) is 0 Å². The van der Waals surface area contributed by atoms with Crippen LogP contribution in [-0.4, -0.2) is 11.9 Å². The van der Waals surface area contributed by atoms with E-state index in [4.69, 9.17) is 9.47 Å². The summed E-state index contributed by atoms with van der Waals surface area (Å²) in [5, 5.41) is 6.64. The number of hydrogen-bond donors (Lipinski definition) is 0. The standard InChI is InChI=1S/C39H28O4P2/c40-36-27-37(41)43-33-24-14-26-35(45(30-19-9-3-10-20-30)31-21-11-4-12-22-31)39(33)38-32(42-36)23-13-25-34(38)44(28-15-5-1-6-16-28)29-17-7-2-8-18-29/h1-26H,27H2. The maximum Gasteiger partial charge on any atom is 0.322 e. The molecule has 1 heterocycles. The molecule has 0 saturated carbocycles. The number of fused-ring (bicyclic) bond motifs is 3. The molecule has 45 heavy (non-hydrogen) atoms. The molecule has 0 spiro atoms. The Kier molecular flexibility index (Phi) is 8.34. The van der Waals surface area contributed by atoms with Crippen LogP contribution in [-0.2, 0) is 9.59 Å². The van der Waals surface area contributed by atoms with Crippen LogP contribution < -0.4 is 41.3 Å². The van der Waals surface area contributed by atoms with Crippen molar-refractivity contribution in [3.63, 3.8) is 0 Å². The molecule has 0 bridgehead atoms. The first-order valence-corrected chi connectivity index (χ1v) is 17.3. The third kappa shape index (κ3) is 5.96. The lowest BCUT2D eigenvalue weighted by Gasteiger charge is -2.28. The fourth-order valence-corrected chi connectivity index (χ4v) is 10.6. The molecular weight excluding hydrogens is 594 g/mol. The van der Waals surface area contributed by atoms with Gasteiger partial charge in [-0.2, -0.15) is 0 Å². The molecule has 0 unspecified atom stereocenters. The summed E-state index contributed by atoms with van der Waals surface area (Å²) in [4.78, 5) is 26.2. The van der Waals surface area contributed by atoms with Crippen molar-refractivity contribution in [3.05, 3.63) is 158 Å². The highest BCUT2D eigenvalue weighted by Gasteiger charge is 2.32. The molecule has 7 rings (SSSR count). The number of carbonyl (C=O) groups excluding carboxylic acids is 2. The minimum absolute atomic E-state index is 0.417. The second-order valence-electron chi connectivity index (χ2n) is 10.4. The number of esters is 2. The lowest BCUT2D eigenvalue weighted by Crippen LogP contribution is -2.26. The van der Waals surface area contributed by atoms with Crippen LogP contribution in [0.2, 0.25) is 0 Å². The van der Waals surface area contributed by atoms with Crippen molar-refractivity contribution in [3.8, 4) is 22.6 Å². The van der Waals surface area contributed by atoms with E-state index in [2.05, 4.69) is 109 Å². The Balaban J connectivity index is 1.58. The van der Waals surface area contributed by atoms with Gasteiger partial charge in [-0.15, -0.1) is 0 Å². The van der Waals surface area contributed by atoms with Crippen LogP contribution in [0, 0.1) is 0 Å². The van der Waals surface area contributed by atoms with Crippen LogP contribution in [0.15, 0.2) is 158 Å². The van der Waals surface area contributed by atoms with Crippen LogP contribution in [0.3, 0.4) is 0 Å². The van der Waals surface area contributed by atoms with Crippen molar-refractivity contribution in [2.75, 3.05) is 0 Å². The third-order valence-electron chi connectivity index (χ3n) is 7.53. The van der Waals surface area contributed by atoms with Crippen LogP contribution in [0.1, 0.15) is 6.42 Å². The fraction of sp³-hybridized carbons (Fsp3) is 0.0256. The van der Waals surface area contributed by atoms with E-state index in [1.165, 1.54) is 0 Å². The zero-order valence-electron chi connectivity index (χ0n) is 24.2. The minimum Gasteiger partial charge on any atom is -0.425 e. The average Bonchev–Trinajstić information content (AvgIpc) is 3.13. The summed E-state index contributed by atoms with van der Waals surface area (Å²) >= 11 is 0. The number of hydrogen-bond acceptors (Lipinski definition) is 4. The van der Waals surface area contributed by atoms with E-state index in [-0.39, 0.29) is 0 Å². The zero-order valence-corrected chi connectivity index (χ0v) is 26.0.